The second-order valence-corrected chi connectivity index (χ2v) is 5.70. The topological polar surface area (TPSA) is 55.1 Å². The molecule has 124 valence electrons. The van der Waals surface area contributed by atoms with Crippen molar-refractivity contribution >= 4 is 34.7 Å². The van der Waals surface area contributed by atoms with Crippen molar-refractivity contribution < 1.29 is 9.47 Å². The van der Waals surface area contributed by atoms with Gasteiger partial charge in [-0.3, -0.25) is 0 Å². The summed E-state index contributed by atoms with van der Waals surface area (Å²) in [7, 11) is 1.57. The Morgan fingerprint density at radius 2 is 1.92 bits per heavy atom. The maximum Gasteiger partial charge on any atom is 0.174 e. The van der Waals surface area contributed by atoms with Crippen molar-refractivity contribution in [2.24, 2.45) is 0 Å². The minimum absolute atomic E-state index is 0.0187. The summed E-state index contributed by atoms with van der Waals surface area (Å²) in [5.74, 6) is 1.12. The molecule has 1 heterocycles. The van der Waals surface area contributed by atoms with Gasteiger partial charge in [-0.25, -0.2) is 4.98 Å². The van der Waals surface area contributed by atoms with Crippen LogP contribution in [0.1, 0.15) is 11.3 Å². The van der Waals surface area contributed by atoms with Crippen LogP contribution in [0.3, 0.4) is 0 Å². The van der Waals surface area contributed by atoms with E-state index in [2.05, 4.69) is 4.98 Å². The lowest BCUT2D eigenvalue weighted by Crippen LogP contribution is -1.96. The normalized spacial score (nSPS) is 10.8. The van der Waals surface area contributed by atoms with Crippen LogP contribution in [0.25, 0.3) is 23.1 Å². The Balaban J connectivity index is 1.85. The van der Waals surface area contributed by atoms with E-state index in [-0.39, 0.29) is 6.61 Å². The molecule has 3 rings (SSSR count). The number of aromatic nitrogens is 1. The van der Waals surface area contributed by atoms with Crippen molar-refractivity contribution in [3.05, 3.63) is 64.8 Å². The number of hydrogen-bond donors (Lipinski definition) is 0. The predicted octanol–water partition coefficient (Wildman–Crippen LogP) is 4.97. The van der Waals surface area contributed by atoms with Crippen molar-refractivity contribution in [1.82, 2.24) is 4.98 Å². The summed E-state index contributed by atoms with van der Waals surface area (Å²) in [6.45, 7) is -0.0187. The second-order valence-electron chi connectivity index (χ2n) is 5.26. The molecule has 0 bridgehead atoms. The fraction of sp³-hybridized carbons (Fsp3) is 0.100. The van der Waals surface area contributed by atoms with Gasteiger partial charge in [0.2, 0.25) is 0 Å². The molecule has 1 aromatic heterocycles. The fourth-order valence-corrected chi connectivity index (χ4v) is 2.56. The van der Waals surface area contributed by atoms with E-state index in [1.165, 1.54) is 0 Å². The van der Waals surface area contributed by atoms with Gasteiger partial charge in [0, 0.05) is 10.4 Å². The van der Waals surface area contributed by atoms with E-state index in [4.69, 9.17) is 26.3 Å². The summed E-state index contributed by atoms with van der Waals surface area (Å²) in [4.78, 5) is 4.59. The first-order chi connectivity index (χ1) is 12.2. The van der Waals surface area contributed by atoms with E-state index in [1.807, 2.05) is 60.7 Å². The molecular weight excluding hydrogens is 336 g/mol. The molecule has 3 aromatic rings. The average Bonchev–Trinajstić information content (AvgIpc) is 2.64. The molecule has 0 aliphatic carbocycles. The van der Waals surface area contributed by atoms with Crippen molar-refractivity contribution in [2.45, 2.75) is 0 Å². The quantitative estimate of drug-likeness (QED) is 0.652. The monoisotopic (exact) mass is 350 g/mol. The molecule has 0 aliphatic rings. The minimum atomic E-state index is -0.0187. The third-order valence-electron chi connectivity index (χ3n) is 3.60. The molecular formula is C20H15ClN2O2. The zero-order valence-corrected chi connectivity index (χ0v) is 14.3. The Bertz CT molecular complexity index is 977. The summed E-state index contributed by atoms with van der Waals surface area (Å²) in [5.41, 5.74) is 2.63. The van der Waals surface area contributed by atoms with Gasteiger partial charge in [-0.1, -0.05) is 35.9 Å². The van der Waals surface area contributed by atoms with Crippen LogP contribution < -0.4 is 9.47 Å². The zero-order chi connectivity index (χ0) is 17.6. The molecule has 2 aromatic carbocycles. The van der Waals surface area contributed by atoms with Crippen LogP contribution in [-0.2, 0) is 0 Å². The Kier molecular flexibility index (Phi) is 5.17. The lowest BCUT2D eigenvalue weighted by molar-refractivity contribution is 0.329. The van der Waals surface area contributed by atoms with Crippen LogP contribution in [0.5, 0.6) is 11.5 Å². The van der Waals surface area contributed by atoms with E-state index in [9.17, 15) is 0 Å². The van der Waals surface area contributed by atoms with Gasteiger partial charge in [-0.2, -0.15) is 5.26 Å². The standard InChI is InChI=1S/C20H15ClN2O2/c1-24-20-12-14(3-9-19(20)25-11-10-22)2-7-17-8-5-15-4-6-16(21)13-18(15)23-17/h2-9,12-13H,11H2,1H3. The molecule has 0 radical (unpaired) electrons. The minimum Gasteiger partial charge on any atom is -0.493 e. The molecule has 0 aliphatic heterocycles. The van der Waals surface area contributed by atoms with E-state index >= 15 is 0 Å². The number of hydrogen-bond acceptors (Lipinski definition) is 4. The zero-order valence-electron chi connectivity index (χ0n) is 13.6. The largest absolute Gasteiger partial charge is 0.493 e. The Hall–Kier alpha value is -3.03. The predicted molar refractivity (Wildman–Crippen MR) is 99.8 cm³/mol. The summed E-state index contributed by atoms with van der Waals surface area (Å²) in [5, 5.41) is 10.3. The number of nitriles is 1. The maximum atomic E-state index is 8.61. The lowest BCUT2D eigenvalue weighted by Gasteiger charge is -2.08. The van der Waals surface area contributed by atoms with Crippen molar-refractivity contribution in [3.8, 4) is 17.6 Å². The van der Waals surface area contributed by atoms with E-state index < -0.39 is 0 Å². The highest BCUT2D eigenvalue weighted by Crippen LogP contribution is 2.28. The molecule has 0 spiro atoms. The van der Waals surface area contributed by atoms with E-state index in [0.717, 1.165) is 22.2 Å². The lowest BCUT2D eigenvalue weighted by atomic mass is 10.1. The number of methoxy groups -OCH3 is 1. The number of benzene rings is 2. The van der Waals surface area contributed by atoms with Crippen molar-refractivity contribution in [2.75, 3.05) is 13.7 Å². The molecule has 25 heavy (non-hydrogen) atoms. The average molecular weight is 351 g/mol. The number of halogens is 1. The molecule has 4 nitrogen and oxygen atoms in total. The highest BCUT2D eigenvalue weighted by molar-refractivity contribution is 6.31. The Morgan fingerprint density at radius 3 is 2.72 bits per heavy atom. The molecule has 0 unspecified atom stereocenters. The number of rotatable bonds is 5. The SMILES string of the molecule is COc1cc(C=Cc2ccc3ccc(Cl)cc3n2)ccc1OCC#N. The number of fused-ring (bicyclic) bond motifs is 1. The first-order valence-corrected chi connectivity index (χ1v) is 7.99. The molecule has 0 fully saturated rings. The third-order valence-corrected chi connectivity index (χ3v) is 3.84. The molecule has 0 saturated heterocycles. The van der Waals surface area contributed by atoms with Crippen LogP contribution in [0.4, 0.5) is 0 Å². The highest BCUT2D eigenvalue weighted by atomic mass is 35.5. The number of ether oxygens (including phenoxy) is 2. The number of pyridine rings is 1. The fourth-order valence-electron chi connectivity index (χ4n) is 2.40. The van der Waals surface area contributed by atoms with Crippen molar-refractivity contribution in [1.29, 1.82) is 5.26 Å². The molecule has 5 heteroatoms. The first-order valence-electron chi connectivity index (χ1n) is 7.62. The summed E-state index contributed by atoms with van der Waals surface area (Å²) in [6.07, 6.45) is 3.86. The van der Waals surface area contributed by atoms with Gasteiger partial charge in [0.05, 0.1) is 18.3 Å². The first kappa shape index (κ1) is 16.8. The smallest absolute Gasteiger partial charge is 0.174 e. The summed E-state index contributed by atoms with van der Waals surface area (Å²) < 4.78 is 10.6. The van der Waals surface area contributed by atoms with Gasteiger partial charge in [-0.15, -0.1) is 0 Å². The van der Waals surface area contributed by atoms with Crippen LogP contribution in [0.2, 0.25) is 5.02 Å². The van der Waals surface area contributed by atoms with Gasteiger partial charge in [0.1, 0.15) is 6.07 Å². The van der Waals surface area contributed by atoms with Gasteiger partial charge in [0.15, 0.2) is 18.1 Å². The molecule has 0 N–H and O–H groups in total. The molecule has 0 atom stereocenters. The summed E-state index contributed by atoms with van der Waals surface area (Å²) in [6, 6.07) is 17.1. The van der Waals surface area contributed by atoms with Crippen molar-refractivity contribution in [3.63, 3.8) is 0 Å². The van der Waals surface area contributed by atoms with Crippen LogP contribution in [-0.4, -0.2) is 18.7 Å². The molecule has 0 amide bonds. The Labute approximate surface area is 150 Å². The third kappa shape index (κ3) is 4.09. The van der Waals surface area contributed by atoms with Gasteiger partial charge >= 0.3 is 0 Å². The van der Waals surface area contributed by atoms with E-state index in [1.54, 1.807) is 13.2 Å². The molecule has 0 saturated carbocycles. The Morgan fingerprint density at radius 1 is 1.08 bits per heavy atom. The number of nitrogens with zero attached hydrogens (tertiary/aromatic N) is 2. The van der Waals surface area contributed by atoms with Crippen LogP contribution in [0.15, 0.2) is 48.5 Å². The van der Waals surface area contributed by atoms with Crippen LogP contribution >= 0.6 is 11.6 Å². The van der Waals surface area contributed by atoms with Gasteiger partial charge in [0.25, 0.3) is 0 Å². The second kappa shape index (κ2) is 7.69. The van der Waals surface area contributed by atoms with Gasteiger partial charge < -0.3 is 9.47 Å². The van der Waals surface area contributed by atoms with Gasteiger partial charge in [-0.05, 0) is 42.0 Å². The van der Waals surface area contributed by atoms with E-state index in [0.29, 0.717) is 16.5 Å². The maximum absolute atomic E-state index is 8.61. The highest BCUT2D eigenvalue weighted by Gasteiger charge is 2.04. The summed E-state index contributed by atoms with van der Waals surface area (Å²) >= 11 is 6.02. The van der Waals surface area contributed by atoms with Crippen LogP contribution in [0, 0.1) is 11.3 Å².